The van der Waals surface area contributed by atoms with Gasteiger partial charge in [-0.05, 0) is 38.1 Å². The van der Waals surface area contributed by atoms with Gasteiger partial charge in [-0.2, -0.15) is 4.40 Å². The van der Waals surface area contributed by atoms with Crippen molar-refractivity contribution in [3.8, 4) is 11.3 Å². The van der Waals surface area contributed by atoms with E-state index in [1.165, 1.54) is 12.1 Å². The Morgan fingerprint density at radius 1 is 1.13 bits per heavy atom. The van der Waals surface area contributed by atoms with Gasteiger partial charge in [0.15, 0.2) is 5.82 Å². The zero-order valence-electron chi connectivity index (χ0n) is 17.5. The Labute approximate surface area is 179 Å². The van der Waals surface area contributed by atoms with Crippen LogP contribution in [0.15, 0.2) is 52.3 Å². The summed E-state index contributed by atoms with van der Waals surface area (Å²) in [6.45, 7) is 7.54. The third-order valence-electron chi connectivity index (χ3n) is 5.03. The van der Waals surface area contributed by atoms with E-state index in [2.05, 4.69) is 24.2 Å². The lowest BCUT2D eigenvalue weighted by Gasteiger charge is -2.36. The summed E-state index contributed by atoms with van der Waals surface area (Å²) in [6.07, 6.45) is 4.88. The Balaban J connectivity index is 1.71. The van der Waals surface area contributed by atoms with Crippen LogP contribution in [0.1, 0.15) is 13.8 Å². The summed E-state index contributed by atoms with van der Waals surface area (Å²) in [4.78, 5) is 13.5. The van der Waals surface area contributed by atoms with Crippen molar-refractivity contribution in [2.24, 2.45) is 10.1 Å². The number of anilines is 1. The van der Waals surface area contributed by atoms with Gasteiger partial charge in [0, 0.05) is 68.2 Å². The summed E-state index contributed by atoms with van der Waals surface area (Å²) in [5.74, 6) is 0.524. The molecule has 30 heavy (non-hydrogen) atoms. The number of allylic oxidation sites excluding steroid dienone is 1. The maximum atomic E-state index is 13.3. The molecule has 160 valence electrons. The number of aromatic nitrogens is 2. The average molecular weight is 431 g/mol. The monoisotopic (exact) mass is 430 g/mol. The molecule has 0 spiro atoms. The predicted molar refractivity (Wildman–Crippen MR) is 120 cm³/mol. The molecule has 0 bridgehead atoms. The molecule has 2 N–H and O–H groups in total. The number of hydrogen-bond donors (Lipinski definition) is 1. The van der Waals surface area contributed by atoms with Gasteiger partial charge in [-0.1, -0.05) is 0 Å². The van der Waals surface area contributed by atoms with Crippen LogP contribution >= 0.6 is 0 Å². The Hall–Kier alpha value is -2.65. The zero-order valence-corrected chi connectivity index (χ0v) is 18.3. The second-order valence-electron chi connectivity index (χ2n) is 7.26. The quantitative estimate of drug-likeness (QED) is 0.708. The molecule has 1 aromatic heterocycles. The minimum Gasteiger partial charge on any atom is -0.402 e. The molecule has 1 atom stereocenters. The van der Waals surface area contributed by atoms with Gasteiger partial charge in [-0.25, -0.2) is 13.6 Å². The lowest BCUT2D eigenvalue weighted by Crippen LogP contribution is -2.48. The molecular weight excluding hydrogens is 403 g/mol. The molecule has 0 saturated carbocycles. The lowest BCUT2D eigenvalue weighted by molar-refractivity contribution is 0.280. The van der Waals surface area contributed by atoms with E-state index in [9.17, 15) is 8.60 Å². The summed E-state index contributed by atoms with van der Waals surface area (Å²) < 4.78 is 28.9. The summed E-state index contributed by atoms with van der Waals surface area (Å²) in [5.41, 5.74) is 9.97. The highest BCUT2D eigenvalue weighted by Gasteiger charge is 2.23. The smallest absolute Gasteiger partial charge is 0.155 e. The van der Waals surface area contributed by atoms with Gasteiger partial charge in [-0.3, -0.25) is 9.88 Å². The van der Waals surface area contributed by atoms with Gasteiger partial charge in [0.05, 0.1) is 5.71 Å². The SMILES string of the molecule is CC(=NS(C)=O)C(CN1CCN(c2nccnc2-c2ccc(F)cc2)CC1)=C(C)N. The number of nitrogens with two attached hydrogens (primary N) is 1. The highest BCUT2D eigenvalue weighted by molar-refractivity contribution is 7.83. The molecular formula is C21H27FN6OS. The minimum absolute atomic E-state index is 0.275. The third-order valence-corrected chi connectivity index (χ3v) is 5.56. The predicted octanol–water partition coefficient (Wildman–Crippen LogP) is 2.39. The zero-order chi connectivity index (χ0) is 21.7. The Kier molecular flexibility index (Phi) is 7.28. The second kappa shape index (κ2) is 9.90. The summed E-state index contributed by atoms with van der Waals surface area (Å²) in [5, 5.41) is 0. The molecule has 1 aliphatic heterocycles. The van der Waals surface area contributed by atoms with Crippen LogP contribution in [-0.2, 0) is 11.0 Å². The number of hydrogen-bond acceptors (Lipinski definition) is 6. The van der Waals surface area contributed by atoms with Crippen molar-refractivity contribution in [1.82, 2.24) is 14.9 Å². The first-order chi connectivity index (χ1) is 14.3. The molecule has 0 aliphatic carbocycles. The lowest BCUT2D eigenvalue weighted by atomic mass is 10.1. The van der Waals surface area contributed by atoms with Crippen LogP contribution in [0.3, 0.4) is 0 Å². The Bertz CT molecular complexity index is 964. The van der Waals surface area contributed by atoms with Crippen LogP contribution in [0.5, 0.6) is 0 Å². The van der Waals surface area contributed by atoms with Gasteiger partial charge in [0.25, 0.3) is 0 Å². The van der Waals surface area contributed by atoms with Crippen molar-refractivity contribution >= 4 is 22.5 Å². The van der Waals surface area contributed by atoms with Gasteiger partial charge in [-0.15, -0.1) is 0 Å². The standard InChI is InChI=1S/C21H27FN6OS/c1-15(23)19(16(2)26-30(3)29)14-27-10-12-28(13-11-27)21-20(24-8-9-25-21)17-4-6-18(22)7-5-17/h4-9H,10-14,23H2,1-3H3. The second-order valence-corrected chi connectivity index (χ2v) is 8.29. The van der Waals surface area contributed by atoms with E-state index in [1.807, 2.05) is 13.8 Å². The molecule has 0 radical (unpaired) electrons. The summed E-state index contributed by atoms with van der Waals surface area (Å²) in [6, 6.07) is 6.31. The molecule has 3 rings (SSSR count). The van der Waals surface area contributed by atoms with Crippen molar-refractivity contribution in [3.05, 3.63) is 53.7 Å². The van der Waals surface area contributed by atoms with E-state index in [0.717, 1.165) is 48.8 Å². The summed E-state index contributed by atoms with van der Waals surface area (Å²) in [7, 11) is -1.26. The van der Waals surface area contributed by atoms with Crippen LogP contribution in [0.2, 0.25) is 0 Å². The maximum Gasteiger partial charge on any atom is 0.155 e. The fraction of sp³-hybridized carbons (Fsp3) is 0.381. The van der Waals surface area contributed by atoms with Crippen LogP contribution in [0.25, 0.3) is 11.3 Å². The van der Waals surface area contributed by atoms with Crippen LogP contribution in [-0.4, -0.2) is 63.8 Å². The van der Waals surface area contributed by atoms with Gasteiger partial charge in [0.2, 0.25) is 0 Å². The van der Waals surface area contributed by atoms with Gasteiger partial charge >= 0.3 is 0 Å². The minimum atomic E-state index is -1.26. The first-order valence-electron chi connectivity index (χ1n) is 9.74. The fourth-order valence-electron chi connectivity index (χ4n) is 3.49. The first kappa shape index (κ1) is 22.0. The molecule has 1 aliphatic rings. The molecule has 1 aromatic carbocycles. The molecule has 1 unspecified atom stereocenters. The number of piperazine rings is 1. The number of halogens is 1. The van der Waals surface area contributed by atoms with Crippen molar-refractivity contribution in [2.45, 2.75) is 13.8 Å². The topological polar surface area (TPSA) is 87.7 Å². The fourth-order valence-corrected chi connectivity index (χ4v) is 3.98. The molecule has 1 saturated heterocycles. The number of nitrogens with zero attached hydrogens (tertiary/aromatic N) is 5. The van der Waals surface area contributed by atoms with E-state index in [-0.39, 0.29) is 5.82 Å². The molecule has 2 aromatic rings. The van der Waals surface area contributed by atoms with Crippen molar-refractivity contribution in [3.63, 3.8) is 0 Å². The third kappa shape index (κ3) is 5.48. The van der Waals surface area contributed by atoms with Crippen LogP contribution in [0, 0.1) is 5.82 Å². The van der Waals surface area contributed by atoms with E-state index >= 15 is 0 Å². The molecule has 0 amide bonds. The molecule has 9 heteroatoms. The number of rotatable bonds is 6. The largest absolute Gasteiger partial charge is 0.402 e. The Morgan fingerprint density at radius 3 is 2.37 bits per heavy atom. The first-order valence-corrected chi connectivity index (χ1v) is 11.3. The van der Waals surface area contributed by atoms with E-state index in [0.29, 0.717) is 18.0 Å². The maximum absolute atomic E-state index is 13.3. The molecule has 2 heterocycles. The highest BCUT2D eigenvalue weighted by atomic mass is 32.2. The van der Waals surface area contributed by atoms with Crippen molar-refractivity contribution < 1.29 is 8.60 Å². The average Bonchev–Trinajstić information content (AvgIpc) is 2.72. The van der Waals surface area contributed by atoms with Crippen molar-refractivity contribution in [2.75, 3.05) is 43.9 Å². The highest BCUT2D eigenvalue weighted by Crippen LogP contribution is 2.27. The van der Waals surface area contributed by atoms with E-state index in [4.69, 9.17) is 5.73 Å². The van der Waals surface area contributed by atoms with Gasteiger partial charge in [0.1, 0.15) is 22.5 Å². The van der Waals surface area contributed by atoms with Crippen LogP contribution in [0.4, 0.5) is 10.2 Å². The van der Waals surface area contributed by atoms with Crippen molar-refractivity contribution in [1.29, 1.82) is 0 Å². The molecule has 7 nitrogen and oxygen atoms in total. The molecule has 1 fully saturated rings. The van der Waals surface area contributed by atoms with Crippen LogP contribution < -0.4 is 10.6 Å². The van der Waals surface area contributed by atoms with Gasteiger partial charge < -0.3 is 10.6 Å². The Morgan fingerprint density at radius 2 is 1.77 bits per heavy atom. The normalized spacial score (nSPS) is 17.6. The summed E-state index contributed by atoms with van der Waals surface area (Å²) >= 11 is 0. The number of benzene rings is 1. The van der Waals surface area contributed by atoms with E-state index < -0.39 is 11.0 Å². The van der Waals surface area contributed by atoms with E-state index in [1.54, 1.807) is 30.8 Å².